The van der Waals surface area contributed by atoms with Crippen molar-refractivity contribution in [3.63, 3.8) is 0 Å². The highest BCUT2D eigenvalue weighted by molar-refractivity contribution is 5.90. The lowest BCUT2D eigenvalue weighted by molar-refractivity contribution is 0.0508. The summed E-state index contributed by atoms with van der Waals surface area (Å²) in [6.45, 7) is 3.84. The molecule has 2 aromatic rings. The molecule has 0 saturated carbocycles. The molecule has 0 fully saturated rings. The number of hydrogen-bond donors (Lipinski definition) is 1. The Morgan fingerprint density at radius 1 is 1.20 bits per heavy atom. The lowest BCUT2D eigenvalue weighted by atomic mass is 10.4. The predicted molar refractivity (Wildman–Crippen MR) is 65.4 cm³/mol. The fourth-order valence-corrected chi connectivity index (χ4v) is 1.47. The summed E-state index contributed by atoms with van der Waals surface area (Å²) >= 11 is 0. The van der Waals surface area contributed by atoms with E-state index in [4.69, 9.17) is 9.47 Å². The molecular weight excluding hydrogens is 266 g/mol. The van der Waals surface area contributed by atoms with Gasteiger partial charge in [-0.1, -0.05) is 0 Å². The van der Waals surface area contributed by atoms with Gasteiger partial charge < -0.3 is 14.5 Å². The highest BCUT2D eigenvalue weighted by Gasteiger charge is 2.20. The molecule has 2 aromatic heterocycles. The Labute approximate surface area is 113 Å². The molecule has 2 heterocycles. The second kappa shape index (κ2) is 5.95. The van der Waals surface area contributed by atoms with Crippen LogP contribution in [0.25, 0.3) is 5.82 Å². The van der Waals surface area contributed by atoms with Crippen LogP contribution in [0.2, 0.25) is 0 Å². The smallest absolute Gasteiger partial charge is 0.378 e. The van der Waals surface area contributed by atoms with Gasteiger partial charge in [0.15, 0.2) is 11.5 Å². The molecule has 0 aromatic carbocycles. The van der Waals surface area contributed by atoms with Gasteiger partial charge in [-0.25, -0.2) is 19.6 Å². The zero-order valence-corrected chi connectivity index (χ0v) is 11.0. The van der Waals surface area contributed by atoms with Crippen molar-refractivity contribution in [3.8, 4) is 5.82 Å². The first-order valence-corrected chi connectivity index (χ1v) is 5.97. The maximum Gasteiger partial charge on any atom is 0.378 e. The van der Waals surface area contributed by atoms with Crippen LogP contribution in [0.5, 0.6) is 0 Å². The van der Waals surface area contributed by atoms with Crippen LogP contribution < -0.4 is 0 Å². The summed E-state index contributed by atoms with van der Waals surface area (Å²) in [5, 5.41) is 3.92. The van der Waals surface area contributed by atoms with Crippen molar-refractivity contribution in [2.45, 2.75) is 13.8 Å². The van der Waals surface area contributed by atoms with Crippen molar-refractivity contribution in [3.05, 3.63) is 24.2 Å². The molecule has 0 unspecified atom stereocenters. The number of H-pyrrole nitrogens is 1. The highest BCUT2D eigenvalue weighted by atomic mass is 16.5. The number of nitrogens with one attached hydrogen (secondary N) is 1. The third kappa shape index (κ3) is 2.66. The van der Waals surface area contributed by atoms with Gasteiger partial charge in [0, 0.05) is 0 Å². The van der Waals surface area contributed by atoms with E-state index in [9.17, 15) is 9.59 Å². The van der Waals surface area contributed by atoms with Gasteiger partial charge in [0.1, 0.15) is 6.33 Å². The number of esters is 2. The van der Waals surface area contributed by atoms with Gasteiger partial charge >= 0.3 is 11.9 Å². The standard InChI is InChI=1S/C11H13N5O4/c1-3-19-10(17)7-9(13-5-12-7)16-6-14-8(15-16)11(18)20-4-2/h5-6H,3-4H2,1-2H3,(H,12,13). The van der Waals surface area contributed by atoms with E-state index >= 15 is 0 Å². The molecule has 0 amide bonds. The van der Waals surface area contributed by atoms with Gasteiger partial charge in [-0.05, 0) is 13.8 Å². The first kappa shape index (κ1) is 13.7. The molecule has 9 nitrogen and oxygen atoms in total. The van der Waals surface area contributed by atoms with Crippen LogP contribution in [0.15, 0.2) is 12.7 Å². The number of aromatic nitrogens is 5. The lowest BCUT2D eigenvalue weighted by Crippen LogP contribution is -2.11. The minimum absolute atomic E-state index is 0.107. The van der Waals surface area contributed by atoms with Gasteiger partial charge in [-0.15, -0.1) is 5.10 Å². The Hall–Kier alpha value is -2.71. The molecule has 0 aliphatic carbocycles. The normalized spacial score (nSPS) is 10.3. The van der Waals surface area contributed by atoms with E-state index in [1.165, 1.54) is 17.3 Å². The molecule has 0 bridgehead atoms. The van der Waals surface area contributed by atoms with Gasteiger partial charge in [-0.3, -0.25) is 0 Å². The number of carbonyl (C=O) groups is 2. The van der Waals surface area contributed by atoms with Crippen molar-refractivity contribution in [1.29, 1.82) is 0 Å². The number of aromatic amines is 1. The summed E-state index contributed by atoms with van der Waals surface area (Å²) in [6, 6.07) is 0. The van der Waals surface area contributed by atoms with Gasteiger partial charge in [-0.2, -0.15) is 4.68 Å². The molecule has 0 saturated heterocycles. The number of rotatable bonds is 5. The van der Waals surface area contributed by atoms with E-state index in [0.717, 1.165) is 0 Å². The third-order valence-electron chi connectivity index (χ3n) is 2.27. The summed E-state index contributed by atoms with van der Waals surface area (Å²) < 4.78 is 10.9. The van der Waals surface area contributed by atoms with Crippen LogP contribution in [0.4, 0.5) is 0 Å². The Bertz CT molecular complexity index is 618. The third-order valence-corrected chi connectivity index (χ3v) is 2.27. The molecule has 9 heteroatoms. The second-order valence-electron chi connectivity index (χ2n) is 3.55. The van der Waals surface area contributed by atoms with E-state index in [-0.39, 0.29) is 30.5 Å². The first-order chi connectivity index (χ1) is 9.67. The second-order valence-corrected chi connectivity index (χ2v) is 3.55. The molecule has 20 heavy (non-hydrogen) atoms. The van der Waals surface area contributed by atoms with Gasteiger partial charge in [0.05, 0.1) is 19.5 Å². The maximum atomic E-state index is 11.7. The summed E-state index contributed by atoms with van der Waals surface area (Å²) in [7, 11) is 0. The first-order valence-electron chi connectivity index (χ1n) is 5.97. The predicted octanol–water partition coefficient (Wildman–Crippen LogP) is 0.344. The van der Waals surface area contributed by atoms with E-state index in [2.05, 4.69) is 20.1 Å². The van der Waals surface area contributed by atoms with Crippen molar-refractivity contribution in [1.82, 2.24) is 24.7 Å². The molecule has 0 spiro atoms. The summed E-state index contributed by atoms with van der Waals surface area (Å²) in [4.78, 5) is 33.6. The van der Waals surface area contributed by atoms with E-state index in [1.807, 2.05) is 0 Å². The van der Waals surface area contributed by atoms with Crippen LogP contribution in [0.1, 0.15) is 35.0 Å². The number of carbonyl (C=O) groups excluding carboxylic acids is 2. The zero-order chi connectivity index (χ0) is 14.5. The van der Waals surface area contributed by atoms with Crippen LogP contribution in [-0.2, 0) is 9.47 Å². The van der Waals surface area contributed by atoms with E-state index in [1.54, 1.807) is 13.8 Å². The minimum atomic E-state index is -0.639. The Balaban J connectivity index is 2.27. The van der Waals surface area contributed by atoms with Crippen LogP contribution in [0, 0.1) is 0 Å². The van der Waals surface area contributed by atoms with Crippen LogP contribution in [0.3, 0.4) is 0 Å². The van der Waals surface area contributed by atoms with E-state index < -0.39 is 11.9 Å². The minimum Gasteiger partial charge on any atom is -0.461 e. The Kier molecular flexibility index (Phi) is 4.08. The van der Waals surface area contributed by atoms with Crippen molar-refractivity contribution >= 4 is 11.9 Å². The fourth-order valence-electron chi connectivity index (χ4n) is 1.47. The van der Waals surface area contributed by atoms with Crippen LogP contribution >= 0.6 is 0 Å². The Morgan fingerprint density at radius 2 is 1.90 bits per heavy atom. The summed E-state index contributed by atoms with van der Waals surface area (Å²) in [5.74, 6) is -1.11. The number of ether oxygens (including phenoxy) is 2. The average Bonchev–Trinajstić information content (AvgIpc) is 3.08. The molecule has 1 N–H and O–H groups in total. The highest BCUT2D eigenvalue weighted by Crippen LogP contribution is 2.10. The zero-order valence-electron chi connectivity index (χ0n) is 11.0. The Morgan fingerprint density at radius 3 is 2.60 bits per heavy atom. The molecular formula is C11H13N5O4. The molecule has 0 radical (unpaired) electrons. The lowest BCUT2D eigenvalue weighted by Gasteiger charge is -2.01. The number of nitrogens with zero attached hydrogens (tertiary/aromatic N) is 4. The van der Waals surface area contributed by atoms with Crippen molar-refractivity contribution in [2.75, 3.05) is 13.2 Å². The fraction of sp³-hybridized carbons (Fsp3) is 0.364. The molecule has 0 aliphatic rings. The molecule has 0 aliphatic heterocycles. The topological polar surface area (TPSA) is 112 Å². The summed E-state index contributed by atoms with van der Waals surface area (Å²) in [6.07, 6.45) is 2.60. The molecule has 2 rings (SSSR count). The quantitative estimate of drug-likeness (QED) is 0.785. The number of imidazole rings is 1. The van der Waals surface area contributed by atoms with Gasteiger partial charge in [0.25, 0.3) is 5.82 Å². The monoisotopic (exact) mass is 279 g/mol. The SMILES string of the molecule is CCOC(=O)c1ncn(-c2nc[nH]c2C(=O)OCC)n1. The van der Waals surface area contributed by atoms with Crippen LogP contribution in [-0.4, -0.2) is 49.9 Å². The largest absolute Gasteiger partial charge is 0.461 e. The number of hydrogen-bond acceptors (Lipinski definition) is 7. The maximum absolute atomic E-state index is 11.7. The average molecular weight is 279 g/mol. The molecule has 106 valence electrons. The summed E-state index contributed by atoms with van der Waals surface area (Å²) in [5.41, 5.74) is 0.132. The molecule has 0 atom stereocenters. The van der Waals surface area contributed by atoms with E-state index in [0.29, 0.717) is 0 Å². The van der Waals surface area contributed by atoms with Gasteiger partial charge in [0.2, 0.25) is 0 Å². The van der Waals surface area contributed by atoms with Crippen molar-refractivity contribution in [2.24, 2.45) is 0 Å². The van der Waals surface area contributed by atoms with Crippen molar-refractivity contribution < 1.29 is 19.1 Å².